The number of rotatable bonds is 7. The lowest BCUT2D eigenvalue weighted by Gasteiger charge is -2.08. The van der Waals surface area contributed by atoms with Crippen molar-refractivity contribution in [3.8, 4) is 5.75 Å². The highest BCUT2D eigenvalue weighted by Crippen LogP contribution is 2.19. The second kappa shape index (κ2) is 8.01. The Labute approximate surface area is 145 Å². The van der Waals surface area contributed by atoms with E-state index in [1.807, 2.05) is 37.3 Å². The third-order valence-electron chi connectivity index (χ3n) is 3.45. The Kier molecular flexibility index (Phi) is 5.31. The molecule has 2 heterocycles. The van der Waals surface area contributed by atoms with E-state index in [0.29, 0.717) is 24.6 Å². The van der Waals surface area contributed by atoms with E-state index in [2.05, 4.69) is 15.6 Å². The first-order valence-corrected chi connectivity index (χ1v) is 8.01. The van der Waals surface area contributed by atoms with Gasteiger partial charge in [0.15, 0.2) is 0 Å². The summed E-state index contributed by atoms with van der Waals surface area (Å²) in [4.78, 5) is 16.3. The zero-order chi connectivity index (χ0) is 17.5. The van der Waals surface area contributed by atoms with Crippen molar-refractivity contribution in [1.82, 2.24) is 10.3 Å². The SMILES string of the molecule is CCOc1ccc(Nc2ccc(C(=O)NCc3ccco3)nc2)cc1. The van der Waals surface area contributed by atoms with Crippen molar-refractivity contribution in [3.05, 3.63) is 72.4 Å². The predicted molar refractivity (Wildman–Crippen MR) is 95.0 cm³/mol. The van der Waals surface area contributed by atoms with Gasteiger partial charge in [-0.2, -0.15) is 0 Å². The molecule has 0 aliphatic heterocycles. The molecule has 6 nitrogen and oxygen atoms in total. The molecule has 0 saturated carbocycles. The third-order valence-corrected chi connectivity index (χ3v) is 3.45. The third kappa shape index (κ3) is 4.60. The van der Waals surface area contributed by atoms with Crippen LogP contribution in [0.5, 0.6) is 5.75 Å². The zero-order valence-corrected chi connectivity index (χ0v) is 13.9. The number of aromatic nitrogens is 1. The lowest BCUT2D eigenvalue weighted by atomic mass is 10.2. The summed E-state index contributed by atoms with van der Waals surface area (Å²) < 4.78 is 10.6. The van der Waals surface area contributed by atoms with Crippen molar-refractivity contribution in [2.75, 3.05) is 11.9 Å². The van der Waals surface area contributed by atoms with Crippen LogP contribution in [0.2, 0.25) is 0 Å². The fourth-order valence-electron chi connectivity index (χ4n) is 2.24. The minimum absolute atomic E-state index is 0.246. The molecule has 1 amide bonds. The fraction of sp³-hybridized carbons (Fsp3) is 0.158. The number of carbonyl (C=O) groups is 1. The number of hydrogen-bond donors (Lipinski definition) is 2. The maximum atomic E-state index is 12.1. The molecule has 128 valence electrons. The summed E-state index contributed by atoms with van der Waals surface area (Å²) in [6.07, 6.45) is 3.19. The van der Waals surface area contributed by atoms with Gasteiger partial charge in [0.05, 0.1) is 31.3 Å². The first kappa shape index (κ1) is 16.6. The lowest BCUT2D eigenvalue weighted by molar-refractivity contribution is 0.0943. The number of nitrogens with one attached hydrogen (secondary N) is 2. The van der Waals surface area contributed by atoms with Crippen LogP contribution in [0.1, 0.15) is 23.2 Å². The van der Waals surface area contributed by atoms with Crippen molar-refractivity contribution >= 4 is 17.3 Å². The minimum atomic E-state index is -0.246. The van der Waals surface area contributed by atoms with E-state index in [-0.39, 0.29) is 5.91 Å². The number of carbonyl (C=O) groups excluding carboxylic acids is 1. The van der Waals surface area contributed by atoms with Crippen LogP contribution in [0, 0.1) is 0 Å². The molecular formula is C19H19N3O3. The number of nitrogens with zero attached hydrogens (tertiary/aromatic N) is 1. The lowest BCUT2D eigenvalue weighted by Crippen LogP contribution is -2.23. The van der Waals surface area contributed by atoms with Crippen LogP contribution in [0.15, 0.2) is 65.4 Å². The minimum Gasteiger partial charge on any atom is -0.494 e. The van der Waals surface area contributed by atoms with Gasteiger partial charge in [-0.05, 0) is 55.5 Å². The Morgan fingerprint density at radius 2 is 1.92 bits per heavy atom. The van der Waals surface area contributed by atoms with Crippen LogP contribution < -0.4 is 15.4 Å². The molecule has 1 aromatic carbocycles. The molecule has 3 rings (SSSR count). The van der Waals surface area contributed by atoms with Gasteiger partial charge in [0.2, 0.25) is 0 Å². The predicted octanol–water partition coefficient (Wildman–Crippen LogP) is 3.75. The maximum absolute atomic E-state index is 12.1. The van der Waals surface area contributed by atoms with Gasteiger partial charge in [0.1, 0.15) is 17.2 Å². The molecule has 0 radical (unpaired) electrons. The Balaban J connectivity index is 1.56. The number of furan rings is 1. The smallest absolute Gasteiger partial charge is 0.270 e. The van der Waals surface area contributed by atoms with Crippen LogP contribution in [0.25, 0.3) is 0 Å². The molecule has 6 heteroatoms. The highest BCUT2D eigenvalue weighted by Gasteiger charge is 2.07. The number of hydrogen-bond acceptors (Lipinski definition) is 5. The standard InChI is InChI=1S/C19H19N3O3/c1-2-24-16-8-5-14(6-9-16)22-15-7-10-18(20-12-15)19(23)21-13-17-4-3-11-25-17/h3-12,22H,2,13H2,1H3,(H,21,23). The van der Waals surface area contributed by atoms with Gasteiger partial charge in [-0.25, -0.2) is 4.98 Å². The summed E-state index contributed by atoms with van der Waals surface area (Å²) in [6.45, 7) is 2.92. The molecule has 0 atom stereocenters. The number of anilines is 2. The van der Waals surface area contributed by atoms with Crippen molar-refractivity contribution < 1.29 is 13.9 Å². The average Bonchev–Trinajstić information content (AvgIpc) is 3.16. The van der Waals surface area contributed by atoms with E-state index in [4.69, 9.17) is 9.15 Å². The molecule has 0 spiro atoms. The highest BCUT2D eigenvalue weighted by molar-refractivity contribution is 5.92. The molecule has 0 aliphatic carbocycles. The number of pyridine rings is 1. The molecule has 2 aromatic heterocycles. The van der Waals surface area contributed by atoms with Crippen LogP contribution in [0.3, 0.4) is 0 Å². The van der Waals surface area contributed by atoms with Gasteiger partial charge in [-0.15, -0.1) is 0 Å². The first-order valence-electron chi connectivity index (χ1n) is 8.01. The Morgan fingerprint density at radius 3 is 2.56 bits per heavy atom. The Hall–Kier alpha value is -3.28. The molecule has 2 N–H and O–H groups in total. The summed E-state index contributed by atoms with van der Waals surface area (Å²) in [6, 6.07) is 14.7. The zero-order valence-electron chi connectivity index (χ0n) is 13.9. The van der Waals surface area contributed by atoms with Crippen molar-refractivity contribution in [2.24, 2.45) is 0 Å². The van der Waals surface area contributed by atoms with Gasteiger partial charge in [0.25, 0.3) is 5.91 Å². The van der Waals surface area contributed by atoms with E-state index in [9.17, 15) is 4.79 Å². The van der Waals surface area contributed by atoms with Crippen LogP contribution >= 0.6 is 0 Å². The van der Waals surface area contributed by atoms with Crippen LogP contribution in [0.4, 0.5) is 11.4 Å². The van der Waals surface area contributed by atoms with Crippen molar-refractivity contribution in [3.63, 3.8) is 0 Å². The average molecular weight is 337 g/mol. The topological polar surface area (TPSA) is 76.4 Å². The molecule has 0 saturated heterocycles. The van der Waals surface area contributed by atoms with E-state index >= 15 is 0 Å². The quantitative estimate of drug-likeness (QED) is 0.687. The second-order valence-corrected chi connectivity index (χ2v) is 5.28. The summed E-state index contributed by atoms with van der Waals surface area (Å²) in [5, 5.41) is 5.99. The highest BCUT2D eigenvalue weighted by atomic mass is 16.5. The van der Waals surface area contributed by atoms with E-state index < -0.39 is 0 Å². The van der Waals surface area contributed by atoms with Gasteiger partial charge < -0.3 is 19.8 Å². The number of amides is 1. The van der Waals surface area contributed by atoms with E-state index in [0.717, 1.165) is 17.1 Å². The summed E-state index contributed by atoms with van der Waals surface area (Å²) >= 11 is 0. The summed E-state index contributed by atoms with van der Waals surface area (Å²) in [5.74, 6) is 1.28. The number of benzene rings is 1. The molecule has 0 fully saturated rings. The van der Waals surface area contributed by atoms with Gasteiger partial charge in [0, 0.05) is 5.69 Å². The molecular weight excluding hydrogens is 318 g/mol. The summed E-state index contributed by atoms with van der Waals surface area (Å²) in [7, 11) is 0. The van der Waals surface area contributed by atoms with Gasteiger partial charge in [-0.1, -0.05) is 0 Å². The van der Waals surface area contributed by atoms with Gasteiger partial charge in [-0.3, -0.25) is 4.79 Å². The van der Waals surface area contributed by atoms with Gasteiger partial charge >= 0.3 is 0 Å². The normalized spacial score (nSPS) is 10.3. The summed E-state index contributed by atoms with van der Waals surface area (Å²) in [5.41, 5.74) is 2.07. The molecule has 3 aromatic rings. The van der Waals surface area contributed by atoms with Crippen LogP contribution in [-0.2, 0) is 6.54 Å². The largest absolute Gasteiger partial charge is 0.494 e. The van der Waals surface area contributed by atoms with Crippen molar-refractivity contribution in [1.29, 1.82) is 0 Å². The van der Waals surface area contributed by atoms with E-state index in [1.165, 1.54) is 0 Å². The van der Waals surface area contributed by atoms with Crippen molar-refractivity contribution in [2.45, 2.75) is 13.5 Å². The van der Waals surface area contributed by atoms with E-state index in [1.54, 1.807) is 30.7 Å². The Morgan fingerprint density at radius 1 is 1.12 bits per heavy atom. The Bertz CT molecular complexity index is 797. The monoisotopic (exact) mass is 337 g/mol. The molecule has 0 aliphatic rings. The molecule has 0 bridgehead atoms. The first-order chi connectivity index (χ1) is 12.2. The van der Waals surface area contributed by atoms with Crippen LogP contribution in [-0.4, -0.2) is 17.5 Å². The molecule has 25 heavy (non-hydrogen) atoms. The molecule has 0 unspecified atom stereocenters. The fourth-order valence-corrected chi connectivity index (χ4v) is 2.24. The maximum Gasteiger partial charge on any atom is 0.270 e. The number of ether oxygens (including phenoxy) is 1. The second-order valence-electron chi connectivity index (χ2n) is 5.28.